The molecule has 36 heavy (non-hydrogen) atoms. The maximum Gasteiger partial charge on any atom is 0.225 e. The smallest absolute Gasteiger partial charge is 0.225 e. The summed E-state index contributed by atoms with van der Waals surface area (Å²) in [6, 6.07) is 1.90. The van der Waals surface area contributed by atoms with Gasteiger partial charge in [-0.1, -0.05) is 0 Å². The standard InChI is InChI=1S/C26H34N6O3S/c1-12-18(24-31-20-17(36-24)9-10-27-19(20)13-7-8-13)23(32-25(28-12)29-14-5-4-6-14)30-16-11-15(26(2,3)35)21(33)22(16)34/h9-10,13-16,21-22,33-35H,4-8,11H2,1-3H3,(H2,28,29,30,32)/t15-,16+,21+,22-/m0/s1. The first-order chi connectivity index (χ1) is 17.2. The van der Waals surface area contributed by atoms with E-state index in [1.807, 2.05) is 19.2 Å². The van der Waals surface area contributed by atoms with Gasteiger partial charge in [0.2, 0.25) is 5.95 Å². The van der Waals surface area contributed by atoms with Gasteiger partial charge in [0.15, 0.2) is 0 Å². The largest absolute Gasteiger partial charge is 0.390 e. The summed E-state index contributed by atoms with van der Waals surface area (Å²) < 4.78 is 1.09. The summed E-state index contributed by atoms with van der Waals surface area (Å²) in [7, 11) is 0. The van der Waals surface area contributed by atoms with Crippen LogP contribution < -0.4 is 10.6 Å². The zero-order valence-corrected chi connectivity index (χ0v) is 21.7. The molecule has 3 aliphatic carbocycles. The first-order valence-corrected chi connectivity index (χ1v) is 13.8. The number of pyridine rings is 1. The van der Waals surface area contributed by atoms with Gasteiger partial charge in [0, 0.05) is 24.1 Å². The molecule has 0 unspecified atom stereocenters. The molecule has 0 aliphatic heterocycles. The Morgan fingerprint density at radius 3 is 2.44 bits per heavy atom. The molecule has 3 heterocycles. The maximum atomic E-state index is 10.9. The molecule has 0 spiro atoms. The van der Waals surface area contributed by atoms with Crippen molar-refractivity contribution >= 4 is 33.3 Å². The van der Waals surface area contributed by atoms with Crippen LogP contribution in [-0.2, 0) is 0 Å². The molecule has 5 N–H and O–H groups in total. The van der Waals surface area contributed by atoms with E-state index >= 15 is 0 Å². The lowest BCUT2D eigenvalue weighted by Gasteiger charge is -2.28. The molecule has 3 aliphatic rings. The third-order valence-corrected chi connectivity index (χ3v) is 8.99. The zero-order valence-electron chi connectivity index (χ0n) is 20.9. The van der Waals surface area contributed by atoms with E-state index in [1.165, 1.54) is 6.42 Å². The highest BCUT2D eigenvalue weighted by Crippen LogP contribution is 2.45. The number of nitrogens with one attached hydrogen (secondary N) is 2. The number of fused-ring (bicyclic) bond motifs is 1. The van der Waals surface area contributed by atoms with Crippen molar-refractivity contribution in [2.24, 2.45) is 5.92 Å². The van der Waals surface area contributed by atoms with Crippen molar-refractivity contribution in [2.45, 2.75) is 95.1 Å². The van der Waals surface area contributed by atoms with Crippen molar-refractivity contribution in [1.29, 1.82) is 0 Å². The van der Waals surface area contributed by atoms with Crippen LogP contribution in [0.1, 0.15) is 69.7 Å². The molecule has 9 nitrogen and oxygen atoms in total. The Morgan fingerprint density at radius 2 is 1.81 bits per heavy atom. The van der Waals surface area contributed by atoms with Crippen molar-refractivity contribution in [3.05, 3.63) is 23.7 Å². The number of rotatable bonds is 7. The molecule has 3 fully saturated rings. The van der Waals surface area contributed by atoms with E-state index in [0.29, 0.717) is 30.1 Å². The fourth-order valence-corrected chi connectivity index (χ4v) is 6.49. The minimum absolute atomic E-state index is 0.371. The molecule has 0 radical (unpaired) electrons. The van der Waals surface area contributed by atoms with Crippen molar-refractivity contribution < 1.29 is 15.3 Å². The number of hydrogen-bond acceptors (Lipinski definition) is 10. The Labute approximate surface area is 214 Å². The van der Waals surface area contributed by atoms with E-state index in [4.69, 9.17) is 15.0 Å². The molecule has 3 aromatic heterocycles. The van der Waals surface area contributed by atoms with Crippen LogP contribution in [0.15, 0.2) is 12.3 Å². The Morgan fingerprint density at radius 1 is 1.03 bits per heavy atom. The monoisotopic (exact) mass is 510 g/mol. The molecule has 0 saturated heterocycles. The van der Waals surface area contributed by atoms with Gasteiger partial charge in [-0.2, -0.15) is 4.98 Å². The predicted molar refractivity (Wildman–Crippen MR) is 140 cm³/mol. The highest BCUT2D eigenvalue weighted by molar-refractivity contribution is 7.21. The molecule has 4 atom stereocenters. The number of aliphatic hydroxyl groups excluding tert-OH is 2. The lowest BCUT2D eigenvalue weighted by Crippen LogP contribution is -2.40. The molecule has 6 rings (SSSR count). The average Bonchev–Trinajstić information content (AvgIpc) is 3.48. The third kappa shape index (κ3) is 4.34. The van der Waals surface area contributed by atoms with Crippen LogP contribution in [-0.4, -0.2) is 65.1 Å². The van der Waals surface area contributed by atoms with Gasteiger partial charge < -0.3 is 26.0 Å². The highest BCUT2D eigenvalue weighted by atomic mass is 32.1. The van der Waals surface area contributed by atoms with Crippen molar-refractivity contribution in [1.82, 2.24) is 19.9 Å². The fourth-order valence-electron chi connectivity index (χ4n) is 5.43. The van der Waals surface area contributed by atoms with Crippen LogP contribution in [0.2, 0.25) is 0 Å². The molecular formula is C26H34N6O3S. The van der Waals surface area contributed by atoms with Crippen LogP contribution in [0, 0.1) is 12.8 Å². The number of nitrogens with zero attached hydrogens (tertiary/aromatic N) is 4. The van der Waals surface area contributed by atoms with Gasteiger partial charge in [-0.15, -0.1) is 11.3 Å². The molecule has 0 amide bonds. The first-order valence-electron chi connectivity index (χ1n) is 12.9. The maximum absolute atomic E-state index is 10.9. The highest BCUT2D eigenvalue weighted by Gasteiger charge is 2.48. The summed E-state index contributed by atoms with van der Waals surface area (Å²) in [5.41, 5.74) is 2.48. The van der Waals surface area contributed by atoms with Crippen LogP contribution in [0.25, 0.3) is 20.8 Å². The van der Waals surface area contributed by atoms with Crippen molar-refractivity contribution in [2.75, 3.05) is 10.6 Å². The Kier molecular flexibility index (Phi) is 5.90. The average molecular weight is 511 g/mol. The topological polar surface area (TPSA) is 136 Å². The van der Waals surface area contributed by atoms with Gasteiger partial charge in [0.1, 0.15) is 22.4 Å². The first kappa shape index (κ1) is 24.0. The Balaban J connectivity index is 1.40. The van der Waals surface area contributed by atoms with Crippen LogP contribution in [0.3, 0.4) is 0 Å². The number of thiazole rings is 1. The van der Waals surface area contributed by atoms with Gasteiger partial charge >= 0.3 is 0 Å². The van der Waals surface area contributed by atoms with Gasteiger partial charge in [-0.05, 0) is 65.4 Å². The van der Waals surface area contributed by atoms with E-state index < -0.39 is 29.8 Å². The quantitative estimate of drug-likeness (QED) is 0.323. The van der Waals surface area contributed by atoms with Gasteiger partial charge in [0.25, 0.3) is 0 Å². The number of anilines is 2. The number of hydrogen-bond donors (Lipinski definition) is 5. The second-order valence-corrected chi connectivity index (χ2v) is 12.2. The van der Waals surface area contributed by atoms with E-state index in [-0.39, 0.29) is 0 Å². The van der Waals surface area contributed by atoms with Crippen LogP contribution >= 0.6 is 11.3 Å². The summed E-state index contributed by atoms with van der Waals surface area (Å²) in [5.74, 6) is 1.16. The van der Waals surface area contributed by atoms with E-state index in [2.05, 4.69) is 15.6 Å². The fraction of sp³-hybridized carbons (Fsp3) is 0.615. The van der Waals surface area contributed by atoms with Crippen LogP contribution in [0.4, 0.5) is 11.8 Å². The molecule has 10 heteroatoms. The summed E-state index contributed by atoms with van der Waals surface area (Å²) in [5, 5.41) is 39.7. The molecule has 192 valence electrons. The summed E-state index contributed by atoms with van der Waals surface area (Å²) in [4.78, 5) is 19.2. The molecular weight excluding hydrogens is 476 g/mol. The number of aryl methyl sites for hydroxylation is 1. The molecule has 3 saturated carbocycles. The molecule has 0 bridgehead atoms. The summed E-state index contributed by atoms with van der Waals surface area (Å²) in [6.45, 7) is 5.30. The van der Waals surface area contributed by atoms with E-state index in [9.17, 15) is 15.3 Å². The Hall–Kier alpha value is -2.40. The SMILES string of the molecule is Cc1nc(NC2CCC2)nc(N[C@@H]2C[C@H](C(C)(C)O)[C@@H](O)[C@H]2O)c1-c1nc2c(C3CC3)nccc2s1. The predicted octanol–water partition coefficient (Wildman–Crippen LogP) is 3.59. The minimum atomic E-state index is -1.11. The van der Waals surface area contributed by atoms with E-state index in [1.54, 1.807) is 25.2 Å². The summed E-state index contributed by atoms with van der Waals surface area (Å²) >= 11 is 1.59. The second-order valence-electron chi connectivity index (χ2n) is 11.2. The minimum Gasteiger partial charge on any atom is -0.390 e. The normalized spacial score (nSPS) is 26.8. The molecule has 0 aromatic carbocycles. The zero-order chi connectivity index (χ0) is 25.2. The number of aliphatic hydroxyl groups is 3. The van der Waals surface area contributed by atoms with Gasteiger partial charge in [-0.3, -0.25) is 4.98 Å². The number of aromatic nitrogens is 4. The van der Waals surface area contributed by atoms with Gasteiger partial charge in [0.05, 0.1) is 39.4 Å². The van der Waals surface area contributed by atoms with E-state index in [0.717, 1.165) is 57.9 Å². The third-order valence-electron chi connectivity index (χ3n) is 7.95. The second kappa shape index (κ2) is 8.86. The van der Waals surface area contributed by atoms with Gasteiger partial charge in [-0.25, -0.2) is 9.97 Å². The summed E-state index contributed by atoms with van der Waals surface area (Å²) in [6.07, 6.45) is 5.91. The van der Waals surface area contributed by atoms with Crippen molar-refractivity contribution in [3.8, 4) is 10.6 Å². The lowest BCUT2D eigenvalue weighted by molar-refractivity contribution is -0.0601. The lowest BCUT2D eigenvalue weighted by atomic mass is 9.88. The van der Waals surface area contributed by atoms with Crippen LogP contribution in [0.5, 0.6) is 0 Å². The Bertz CT molecular complexity index is 1280. The van der Waals surface area contributed by atoms with Crippen molar-refractivity contribution in [3.63, 3.8) is 0 Å². The molecule has 3 aromatic rings.